The summed E-state index contributed by atoms with van der Waals surface area (Å²) in [6.45, 7) is 0.247. The van der Waals surface area contributed by atoms with Crippen LogP contribution in [-0.2, 0) is 12.3 Å². The van der Waals surface area contributed by atoms with Gasteiger partial charge >= 0.3 is 0 Å². The number of benzene rings is 2. The molecule has 0 aliphatic heterocycles. The molecule has 0 unspecified atom stereocenters. The van der Waals surface area contributed by atoms with Gasteiger partial charge in [0.2, 0.25) is 0 Å². The first-order chi connectivity index (χ1) is 13.1. The van der Waals surface area contributed by atoms with Gasteiger partial charge in [0.05, 0.1) is 16.6 Å². The van der Waals surface area contributed by atoms with Crippen LogP contribution < -0.4 is 0 Å². The summed E-state index contributed by atoms with van der Waals surface area (Å²) in [6, 6.07) is 12.1. The molecule has 9 heteroatoms. The van der Waals surface area contributed by atoms with Crippen LogP contribution in [0.25, 0.3) is 11.2 Å². The van der Waals surface area contributed by atoms with Crippen LogP contribution in [0.4, 0.5) is 4.39 Å². The van der Waals surface area contributed by atoms with Gasteiger partial charge in [-0.3, -0.25) is 0 Å². The Kier molecular flexibility index (Phi) is 5.24. The third kappa shape index (κ3) is 3.90. The molecule has 2 aromatic heterocycles. The van der Waals surface area contributed by atoms with E-state index in [1.54, 1.807) is 28.9 Å². The highest BCUT2D eigenvalue weighted by Gasteiger charge is 2.14. The molecule has 4 rings (SSSR count). The number of thioether (sulfide) groups is 1. The van der Waals surface area contributed by atoms with E-state index in [2.05, 4.69) is 20.3 Å². The molecular formula is C18H12Cl2FN5S. The number of hydrogen-bond acceptors (Lipinski definition) is 5. The first kappa shape index (κ1) is 18.2. The average Bonchev–Trinajstić information content (AvgIpc) is 3.08. The zero-order valence-electron chi connectivity index (χ0n) is 13.8. The van der Waals surface area contributed by atoms with Gasteiger partial charge in [-0.1, -0.05) is 64.4 Å². The Balaban J connectivity index is 1.58. The highest BCUT2D eigenvalue weighted by molar-refractivity contribution is 7.98. The summed E-state index contributed by atoms with van der Waals surface area (Å²) in [6.07, 6.45) is 1.46. The molecule has 0 saturated heterocycles. The smallest absolute Gasteiger partial charge is 0.183 e. The van der Waals surface area contributed by atoms with Crippen molar-refractivity contribution in [2.45, 2.75) is 17.3 Å². The minimum atomic E-state index is -0.288. The lowest BCUT2D eigenvalue weighted by Crippen LogP contribution is -2.04. The molecule has 2 aromatic carbocycles. The second-order valence-corrected chi connectivity index (χ2v) is 7.51. The molecule has 0 atom stereocenters. The number of hydrogen-bond donors (Lipinski definition) is 0. The van der Waals surface area contributed by atoms with Crippen molar-refractivity contribution in [1.29, 1.82) is 0 Å². The second-order valence-electron chi connectivity index (χ2n) is 5.73. The van der Waals surface area contributed by atoms with Crippen LogP contribution >= 0.6 is 35.0 Å². The number of aromatic nitrogens is 5. The van der Waals surface area contributed by atoms with Crippen molar-refractivity contribution in [3.05, 3.63) is 75.8 Å². The Morgan fingerprint density at radius 2 is 1.89 bits per heavy atom. The van der Waals surface area contributed by atoms with Crippen molar-refractivity contribution >= 4 is 46.1 Å². The largest absolute Gasteiger partial charge is 0.227 e. The minimum Gasteiger partial charge on any atom is -0.227 e. The maximum Gasteiger partial charge on any atom is 0.183 e. The van der Waals surface area contributed by atoms with Gasteiger partial charge in [0.1, 0.15) is 17.2 Å². The third-order valence-corrected chi connectivity index (χ3v) is 5.69. The summed E-state index contributed by atoms with van der Waals surface area (Å²) >= 11 is 13.5. The van der Waals surface area contributed by atoms with Crippen molar-refractivity contribution in [3.8, 4) is 0 Å². The SMILES string of the molecule is Fc1ccccc1Cn1nnc2c(SCc3ccc(Cl)c(Cl)c3)ncnc21. The van der Waals surface area contributed by atoms with Gasteiger partial charge in [0.15, 0.2) is 11.2 Å². The van der Waals surface area contributed by atoms with Gasteiger partial charge in [-0.05, 0) is 23.8 Å². The van der Waals surface area contributed by atoms with Gasteiger partial charge in [0.25, 0.3) is 0 Å². The molecule has 0 aliphatic rings. The number of fused-ring (bicyclic) bond motifs is 1. The molecule has 0 bridgehead atoms. The number of rotatable bonds is 5. The van der Waals surface area contributed by atoms with Crippen LogP contribution in [-0.4, -0.2) is 25.0 Å². The Morgan fingerprint density at radius 1 is 1.04 bits per heavy atom. The highest BCUT2D eigenvalue weighted by Crippen LogP contribution is 2.29. The van der Waals surface area contributed by atoms with E-state index >= 15 is 0 Å². The number of halogens is 3. The van der Waals surface area contributed by atoms with Crippen molar-refractivity contribution in [3.63, 3.8) is 0 Å². The van der Waals surface area contributed by atoms with Gasteiger partial charge in [0, 0.05) is 11.3 Å². The van der Waals surface area contributed by atoms with E-state index in [4.69, 9.17) is 23.2 Å². The van der Waals surface area contributed by atoms with E-state index in [1.807, 2.05) is 12.1 Å². The van der Waals surface area contributed by atoms with E-state index in [-0.39, 0.29) is 12.4 Å². The predicted octanol–water partition coefficient (Wildman–Crippen LogP) is 5.01. The molecular weight excluding hydrogens is 408 g/mol. The molecule has 27 heavy (non-hydrogen) atoms. The first-order valence-corrected chi connectivity index (χ1v) is 9.70. The molecule has 2 heterocycles. The van der Waals surface area contributed by atoms with Crippen LogP contribution in [0.5, 0.6) is 0 Å². The quantitative estimate of drug-likeness (QED) is 0.336. The molecule has 0 spiro atoms. The first-order valence-electron chi connectivity index (χ1n) is 7.96. The third-order valence-electron chi connectivity index (χ3n) is 3.90. The fourth-order valence-corrected chi connectivity index (χ4v) is 3.75. The summed E-state index contributed by atoms with van der Waals surface area (Å²) in [4.78, 5) is 8.56. The average molecular weight is 420 g/mol. The standard InChI is InChI=1S/C18H12Cl2FN5S/c19-13-6-5-11(7-14(13)20)9-27-18-16-17(22-10-23-18)26(25-24-16)8-12-3-1-2-4-15(12)21/h1-7,10H,8-9H2. The fourth-order valence-electron chi connectivity index (χ4n) is 2.55. The lowest BCUT2D eigenvalue weighted by atomic mass is 10.2. The topological polar surface area (TPSA) is 56.5 Å². The van der Waals surface area contributed by atoms with Crippen molar-refractivity contribution in [2.24, 2.45) is 0 Å². The molecule has 0 amide bonds. The minimum absolute atomic E-state index is 0.247. The maximum atomic E-state index is 13.9. The van der Waals surface area contributed by atoms with Crippen molar-refractivity contribution < 1.29 is 4.39 Å². The van der Waals surface area contributed by atoms with Crippen LogP contribution in [0.3, 0.4) is 0 Å². The summed E-state index contributed by atoms with van der Waals surface area (Å²) < 4.78 is 15.5. The Morgan fingerprint density at radius 3 is 2.70 bits per heavy atom. The van der Waals surface area contributed by atoms with Crippen LogP contribution in [0.2, 0.25) is 10.0 Å². The zero-order valence-corrected chi connectivity index (χ0v) is 16.1. The Labute approximate surface area is 168 Å². The molecule has 0 fully saturated rings. The molecule has 0 aliphatic carbocycles. The maximum absolute atomic E-state index is 13.9. The molecule has 0 N–H and O–H groups in total. The van der Waals surface area contributed by atoms with E-state index in [9.17, 15) is 4.39 Å². The monoisotopic (exact) mass is 419 g/mol. The van der Waals surface area contributed by atoms with E-state index in [1.165, 1.54) is 24.2 Å². The summed E-state index contributed by atoms with van der Waals surface area (Å²) in [7, 11) is 0. The van der Waals surface area contributed by atoms with Crippen molar-refractivity contribution in [2.75, 3.05) is 0 Å². The van der Waals surface area contributed by atoms with Gasteiger partial charge in [-0.2, -0.15) is 0 Å². The summed E-state index contributed by atoms with van der Waals surface area (Å²) in [5.41, 5.74) is 2.68. The molecule has 4 aromatic rings. The van der Waals surface area contributed by atoms with Crippen LogP contribution in [0.1, 0.15) is 11.1 Å². The van der Waals surface area contributed by atoms with Gasteiger partial charge < -0.3 is 0 Å². The molecule has 5 nitrogen and oxygen atoms in total. The number of nitrogens with zero attached hydrogens (tertiary/aromatic N) is 5. The van der Waals surface area contributed by atoms with Crippen LogP contribution in [0.15, 0.2) is 53.8 Å². The fraction of sp³-hybridized carbons (Fsp3) is 0.111. The van der Waals surface area contributed by atoms with Crippen molar-refractivity contribution in [1.82, 2.24) is 25.0 Å². The van der Waals surface area contributed by atoms with E-state index in [0.29, 0.717) is 37.6 Å². The Hall–Kier alpha value is -2.22. The van der Waals surface area contributed by atoms with E-state index < -0.39 is 0 Å². The summed E-state index contributed by atoms with van der Waals surface area (Å²) in [5, 5.41) is 10.0. The second kappa shape index (κ2) is 7.80. The van der Waals surface area contributed by atoms with Gasteiger partial charge in [-0.15, -0.1) is 5.10 Å². The lowest BCUT2D eigenvalue weighted by molar-refractivity contribution is 0.582. The predicted molar refractivity (Wildman–Crippen MR) is 105 cm³/mol. The molecule has 0 saturated carbocycles. The summed E-state index contributed by atoms with van der Waals surface area (Å²) in [5.74, 6) is 0.354. The lowest BCUT2D eigenvalue weighted by Gasteiger charge is -2.05. The zero-order chi connectivity index (χ0) is 18.8. The van der Waals surface area contributed by atoms with Gasteiger partial charge in [-0.25, -0.2) is 19.0 Å². The Bertz CT molecular complexity index is 1120. The highest BCUT2D eigenvalue weighted by atomic mass is 35.5. The van der Waals surface area contributed by atoms with E-state index in [0.717, 1.165) is 5.56 Å². The van der Waals surface area contributed by atoms with Crippen LogP contribution in [0, 0.1) is 5.82 Å². The molecule has 0 radical (unpaired) electrons. The molecule has 136 valence electrons. The normalized spacial score (nSPS) is 11.2.